The molecule has 1 aliphatic heterocycles. The first kappa shape index (κ1) is 28.4. The van der Waals surface area contributed by atoms with Crippen LogP contribution in [0.5, 0.6) is 5.75 Å². The zero-order valence-corrected chi connectivity index (χ0v) is 23.8. The van der Waals surface area contributed by atoms with Crippen molar-refractivity contribution in [3.05, 3.63) is 76.3 Å². The Balaban J connectivity index is 1.39. The standard InChI is InChI=1S/C30H29F3N6O4/c1-13(2)23-26(39-43-38-23)29(41)37-25(22-21-17(31)5-6-18(32)27(21)42-12-30(22)7-8-30)28(40)36-16-9-19(33)24(35-11-16)20-14(3)10-34-15(20)4/h5-6,9-11,13,22,25,34H,7-8,12H2,1-4H3,(H,36,40)(H,37,41)/t22?,25-/m0/s1. The van der Waals surface area contributed by atoms with Gasteiger partial charge in [-0.3, -0.25) is 14.6 Å². The van der Waals surface area contributed by atoms with E-state index in [0.717, 1.165) is 29.5 Å². The van der Waals surface area contributed by atoms with Crippen LogP contribution in [0.4, 0.5) is 18.9 Å². The third-order valence-corrected chi connectivity index (χ3v) is 8.26. The third-order valence-electron chi connectivity index (χ3n) is 8.26. The van der Waals surface area contributed by atoms with Crippen LogP contribution in [-0.2, 0) is 4.79 Å². The van der Waals surface area contributed by atoms with Crippen LogP contribution in [0.15, 0.2) is 35.2 Å². The van der Waals surface area contributed by atoms with Gasteiger partial charge in [0.1, 0.15) is 23.2 Å². The Kier molecular flexibility index (Phi) is 6.98. The second kappa shape index (κ2) is 10.5. The molecule has 3 aromatic heterocycles. The Morgan fingerprint density at radius 2 is 1.84 bits per heavy atom. The third kappa shape index (κ3) is 4.92. The molecule has 1 fully saturated rings. The van der Waals surface area contributed by atoms with Crippen LogP contribution in [-0.4, -0.2) is 44.7 Å². The highest BCUT2D eigenvalue weighted by molar-refractivity contribution is 6.01. The van der Waals surface area contributed by atoms with Crippen molar-refractivity contribution in [2.24, 2.45) is 5.41 Å². The van der Waals surface area contributed by atoms with Crippen molar-refractivity contribution < 1.29 is 32.1 Å². The molecular weight excluding hydrogens is 565 g/mol. The fraction of sp³-hybridized carbons (Fsp3) is 0.367. The van der Waals surface area contributed by atoms with Gasteiger partial charge in [-0.2, -0.15) is 0 Å². The number of nitrogens with one attached hydrogen (secondary N) is 3. The average molecular weight is 595 g/mol. The Labute approximate surface area is 244 Å². The fourth-order valence-electron chi connectivity index (χ4n) is 5.91. The van der Waals surface area contributed by atoms with Crippen LogP contribution in [0.3, 0.4) is 0 Å². The van der Waals surface area contributed by atoms with E-state index in [1.54, 1.807) is 27.0 Å². The van der Waals surface area contributed by atoms with Gasteiger partial charge in [0.2, 0.25) is 5.91 Å². The Hall–Kier alpha value is -4.68. The van der Waals surface area contributed by atoms with E-state index in [2.05, 4.69) is 30.9 Å². The number of rotatable bonds is 7. The molecule has 43 heavy (non-hydrogen) atoms. The lowest BCUT2D eigenvalue weighted by Crippen LogP contribution is -2.52. The molecule has 224 valence electrons. The van der Waals surface area contributed by atoms with Crippen LogP contribution in [0.1, 0.15) is 71.5 Å². The summed E-state index contributed by atoms with van der Waals surface area (Å²) in [6.45, 7) is 7.21. The summed E-state index contributed by atoms with van der Waals surface area (Å²) in [6, 6.07) is 1.59. The van der Waals surface area contributed by atoms with Gasteiger partial charge in [0.25, 0.3) is 5.91 Å². The zero-order valence-electron chi connectivity index (χ0n) is 23.8. The van der Waals surface area contributed by atoms with Crippen molar-refractivity contribution in [3.63, 3.8) is 0 Å². The molecule has 3 N–H and O–H groups in total. The van der Waals surface area contributed by atoms with E-state index >= 15 is 8.78 Å². The predicted molar refractivity (Wildman–Crippen MR) is 148 cm³/mol. The number of carbonyl (C=O) groups excluding carboxylic acids is 2. The molecule has 0 saturated heterocycles. The molecule has 13 heteroatoms. The summed E-state index contributed by atoms with van der Waals surface area (Å²) in [7, 11) is 0. The maximum Gasteiger partial charge on any atom is 0.276 e. The summed E-state index contributed by atoms with van der Waals surface area (Å²) in [5.41, 5.74) is 1.49. The molecule has 4 heterocycles. The Morgan fingerprint density at radius 1 is 1.09 bits per heavy atom. The Bertz CT molecular complexity index is 1730. The quantitative estimate of drug-likeness (QED) is 0.264. The number of aryl methyl sites for hydroxylation is 2. The van der Waals surface area contributed by atoms with Gasteiger partial charge in [-0.1, -0.05) is 19.0 Å². The smallest absolute Gasteiger partial charge is 0.276 e. The second-order valence-electron chi connectivity index (χ2n) is 11.5. The number of anilines is 1. The van der Waals surface area contributed by atoms with Crippen molar-refractivity contribution >= 4 is 17.5 Å². The number of ether oxygens (including phenoxy) is 1. The lowest BCUT2D eigenvalue weighted by Gasteiger charge is -2.38. The first-order valence-corrected chi connectivity index (χ1v) is 13.9. The first-order valence-electron chi connectivity index (χ1n) is 13.9. The van der Waals surface area contributed by atoms with Gasteiger partial charge in [0.05, 0.1) is 18.5 Å². The monoisotopic (exact) mass is 594 g/mol. The lowest BCUT2D eigenvalue weighted by atomic mass is 9.75. The number of fused-ring (bicyclic) bond motifs is 1. The van der Waals surface area contributed by atoms with Gasteiger partial charge in [-0.05, 0) is 49.5 Å². The van der Waals surface area contributed by atoms with Crippen molar-refractivity contribution in [2.45, 2.75) is 58.4 Å². The molecule has 2 aliphatic rings. The minimum atomic E-state index is -1.44. The van der Waals surface area contributed by atoms with E-state index in [-0.39, 0.29) is 46.6 Å². The number of halogens is 3. The van der Waals surface area contributed by atoms with Crippen molar-refractivity contribution in [1.82, 2.24) is 25.6 Å². The van der Waals surface area contributed by atoms with Crippen molar-refractivity contribution in [1.29, 1.82) is 0 Å². The summed E-state index contributed by atoms with van der Waals surface area (Å²) in [5.74, 6) is -5.38. The minimum Gasteiger partial charge on any atom is -0.489 e. The van der Waals surface area contributed by atoms with Gasteiger partial charge in [0, 0.05) is 46.3 Å². The molecule has 1 aromatic carbocycles. The molecule has 1 spiro atoms. The maximum absolute atomic E-state index is 15.4. The van der Waals surface area contributed by atoms with E-state index in [0.29, 0.717) is 18.4 Å². The predicted octanol–water partition coefficient (Wildman–Crippen LogP) is 5.31. The summed E-state index contributed by atoms with van der Waals surface area (Å²) >= 11 is 0. The van der Waals surface area contributed by atoms with E-state index < -0.39 is 46.6 Å². The highest BCUT2D eigenvalue weighted by atomic mass is 19.1. The molecule has 6 rings (SSSR count). The van der Waals surface area contributed by atoms with E-state index in [9.17, 15) is 14.0 Å². The molecule has 1 saturated carbocycles. The largest absolute Gasteiger partial charge is 0.489 e. The van der Waals surface area contributed by atoms with Crippen LogP contribution >= 0.6 is 0 Å². The molecule has 10 nitrogen and oxygen atoms in total. The molecule has 4 aromatic rings. The molecule has 0 radical (unpaired) electrons. The summed E-state index contributed by atoms with van der Waals surface area (Å²) < 4.78 is 56.0. The average Bonchev–Trinajstić information content (AvgIpc) is 3.39. The van der Waals surface area contributed by atoms with E-state index in [4.69, 9.17) is 9.37 Å². The molecule has 0 bridgehead atoms. The minimum absolute atomic E-state index is 0.0131. The van der Waals surface area contributed by atoms with Gasteiger partial charge in [-0.15, -0.1) is 0 Å². The maximum atomic E-state index is 15.4. The lowest BCUT2D eigenvalue weighted by molar-refractivity contribution is -0.119. The number of hydrogen-bond donors (Lipinski definition) is 3. The normalized spacial score (nSPS) is 17.3. The van der Waals surface area contributed by atoms with Gasteiger partial charge in [0.15, 0.2) is 23.1 Å². The molecule has 2 atom stereocenters. The van der Waals surface area contributed by atoms with Crippen LogP contribution < -0.4 is 15.4 Å². The van der Waals surface area contributed by atoms with Crippen molar-refractivity contribution in [3.8, 4) is 17.0 Å². The number of carbonyl (C=O) groups is 2. The van der Waals surface area contributed by atoms with Crippen LogP contribution in [0, 0.1) is 36.7 Å². The number of aromatic nitrogens is 4. The second-order valence-corrected chi connectivity index (χ2v) is 11.5. The zero-order chi connectivity index (χ0) is 30.6. The topological polar surface area (TPSA) is 135 Å². The summed E-state index contributed by atoms with van der Waals surface area (Å²) in [4.78, 5) is 34.8. The fourth-order valence-corrected chi connectivity index (χ4v) is 5.91. The van der Waals surface area contributed by atoms with E-state index in [1.807, 2.05) is 6.92 Å². The highest BCUT2D eigenvalue weighted by Crippen LogP contribution is 2.62. The molecule has 2 amide bonds. The first-order chi connectivity index (χ1) is 20.5. The SMILES string of the molecule is Cc1c[nH]c(C)c1-c1ncc(NC(=O)[C@@H](NC(=O)c2nonc2C(C)C)C2c3c(F)ccc(F)c3OCC23CC3)cc1F. The number of benzene rings is 1. The number of aromatic amines is 1. The molecule has 1 unspecified atom stereocenters. The number of H-pyrrole nitrogens is 1. The van der Waals surface area contributed by atoms with Crippen LogP contribution in [0.25, 0.3) is 11.3 Å². The van der Waals surface area contributed by atoms with Crippen LogP contribution in [0.2, 0.25) is 0 Å². The van der Waals surface area contributed by atoms with Crippen molar-refractivity contribution in [2.75, 3.05) is 11.9 Å². The Morgan fingerprint density at radius 3 is 2.49 bits per heavy atom. The highest BCUT2D eigenvalue weighted by Gasteiger charge is 2.59. The molecular formula is C30H29F3N6O4. The number of amides is 2. The summed E-state index contributed by atoms with van der Waals surface area (Å²) in [6.07, 6.45) is 4.14. The van der Waals surface area contributed by atoms with Gasteiger partial charge in [-0.25, -0.2) is 17.8 Å². The number of pyridine rings is 1. The van der Waals surface area contributed by atoms with E-state index in [1.165, 1.54) is 6.20 Å². The van der Waals surface area contributed by atoms with Gasteiger partial charge >= 0.3 is 0 Å². The van der Waals surface area contributed by atoms with Gasteiger partial charge < -0.3 is 20.4 Å². The summed E-state index contributed by atoms with van der Waals surface area (Å²) in [5, 5.41) is 12.8. The number of nitrogens with zero attached hydrogens (tertiary/aromatic N) is 3. The molecule has 1 aliphatic carbocycles. The number of hydrogen-bond acceptors (Lipinski definition) is 7.